The predicted octanol–water partition coefficient (Wildman–Crippen LogP) is 0.0286. The fourth-order valence-corrected chi connectivity index (χ4v) is 3.29. The van der Waals surface area contributed by atoms with Gasteiger partial charge in [-0.3, -0.25) is 19.3 Å². The number of rotatable bonds is 7. The molecule has 1 aliphatic rings. The van der Waals surface area contributed by atoms with E-state index in [1.165, 1.54) is 18.2 Å². The van der Waals surface area contributed by atoms with E-state index in [0.717, 1.165) is 4.68 Å². The van der Waals surface area contributed by atoms with Gasteiger partial charge in [-0.2, -0.15) is 5.10 Å². The topological polar surface area (TPSA) is 96.8 Å². The average molecular weight is 431 g/mol. The summed E-state index contributed by atoms with van der Waals surface area (Å²) < 4.78 is 19.7. The number of nitrogens with zero attached hydrogens (tertiary/aromatic N) is 4. The molecule has 1 atom stereocenters. The molecule has 1 aromatic heterocycles. The molecule has 10 heteroatoms. The Morgan fingerprint density at radius 2 is 2.06 bits per heavy atom. The summed E-state index contributed by atoms with van der Waals surface area (Å²) in [6, 6.07) is 8.23. The third kappa shape index (κ3) is 6.11. The standard InChI is InChI=1S/C21H26FN5O4/c1-15-6-7-19(28)27(24-15)14-20(29)26-10-9-25(2)18(13-26)21(30)23-8-11-31-17-5-3-4-16(22)12-17/h3-7,12,18H,8-11,13-14H2,1-2H3,(H,23,30). The summed E-state index contributed by atoms with van der Waals surface area (Å²) in [5.41, 5.74) is 0.296. The third-order valence-electron chi connectivity index (χ3n) is 5.05. The Kier molecular flexibility index (Phi) is 7.35. The summed E-state index contributed by atoms with van der Waals surface area (Å²) in [6.45, 7) is 3.22. The van der Waals surface area contributed by atoms with Gasteiger partial charge in [-0.25, -0.2) is 9.07 Å². The highest BCUT2D eigenvalue weighted by Crippen LogP contribution is 2.12. The molecular formula is C21H26FN5O4. The average Bonchev–Trinajstić information content (AvgIpc) is 2.74. The number of ether oxygens (including phenoxy) is 1. The fourth-order valence-electron chi connectivity index (χ4n) is 3.29. The normalized spacial score (nSPS) is 16.7. The van der Waals surface area contributed by atoms with Crippen LogP contribution < -0.4 is 15.6 Å². The van der Waals surface area contributed by atoms with Crippen molar-refractivity contribution in [1.82, 2.24) is 24.9 Å². The first-order valence-electron chi connectivity index (χ1n) is 10.0. The molecule has 0 spiro atoms. The molecule has 1 saturated heterocycles. The maximum atomic E-state index is 13.2. The minimum absolute atomic E-state index is 0.167. The summed E-state index contributed by atoms with van der Waals surface area (Å²) in [5, 5.41) is 6.88. The number of aryl methyl sites for hydroxylation is 1. The van der Waals surface area contributed by atoms with Crippen LogP contribution in [-0.4, -0.2) is 77.3 Å². The second-order valence-corrected chi connectivity index (χ2v) is 7.40. The first-order valence-corrected chi connectivity index (χ1v) is 10.0. The van der Waals surface area contributed by atoms with E-state index in [-0.39, 0.29) is 43.6 Å². The summed E-state index contributed by atoms with van der Waals surface area (Å²) in [7, 11) is 1.82. The van der Waals surface area contributed by atoms with E-state index in [4.69, 9.17) is 4.74 Å². The summed E-state index contributed by atoms with van der Waals surface area (Å²) >= 11 is 0. The Morgan fingerprint density at radius 3 is 2.84 bits per heavy atom. The maximum absolute atomic E-state index is 13.2. The van der Waals surface area contributed by atoms with Crippen molar-refractivity contribution < 1.29 is 18.7 Å². The molecule has 0 saturated carbocycles. The van der Waals surface area contributed by atoms with Gasteiger partial charge in [-0.1, -0.05) is 6.07 Å². The van der Waals surface area contributed by atoms with E-state index in [2.05, 4.69) is 10.4 Å². The zero-order chi connectivity index (χ0) is 22.4. The van der Waals surface area contributed by atoms with Crippen LogP contribution in [0.4, 0.5) is 4.39 Å². The van der Waals surface area contributed by atoms with Crippen LogP contribution >= 0.6 is 0 Å². The Labute approximate surface area is 179 Å². The number of hydrogen-bond donors (Lipinski definition) is 1. The van der Waals surface area contributed by atoms with Crippen molar-refractivity contribution in [3.63, 3.8) is 0 Å². The van der Waals surface area contributed by atoms with Crippen molar-refractivity contribution in [3.8, 4) is 5.75 Å². The number of benzene rings is 1. The van der Waals surface area contributed by atoms with Crippen LogP contribution in [0.5, 0.6) is 5.75 Å². The van der Waals surface area contributed by atoms with E-state index in [1.54, 1.807) is 30.0 Å². The smallest absolute Gasteiger partial charge is 0.267 e. The molecule has 2 aromatic rings. The van der Waals surface area contributed by atoms with Gasteiger partial charge in [0.25, 0.3) is 5.56 Å². The number of amides is 2. The van der Waals surface area contributed by atoms with Crippen molar-refractivity contribution in [2.75, 3.05) is 39.8 Å². The third-order valence-corrected chi connectivity index (χ3v) is 5.05. The van der Waals surface area contributed by atoms with Crippen LogP contribution in [0.1, 0.15) is 5.69 Å². The van der Waals surface area contributed by atoms with E-state index in [0.29, 0.717) is 24.5 Å². The molecule has 0 aliphatic carbocycles. The number of nitrogens with one attached hydrogen (secondary N) is 1. The predicted molar refractivity (Wildman–Crippen MR) is 111 cm³/mol. The molecular weight excluding hydrogens is 405 g/mol. The SMILES string of the molecule is Cc1ccc(=O)n(CC(=O)N2CCN(C)C(C(=O)NCCOc3cccc(F)c3)C2)n1. The van der Waals surface area contributed by atoms with Gasteiger partial charge in [0.05, 0.1) is 12.2 Å². The van der Waals surface area contributed by atoms with E-state index < -0.39 is 11.9 Å². The van der Waals surface area contributed by atoms with Gasteiger partial charge in [0, 0.05) is 31.8 Å². The Morgan fingerprint density at radius 1 is 1.26 bits per heavy atom. The summed E-state index contributed by atoms with van der Waals surface area (Å²) in [4.78, 5) is 40.7. The fraction of sp³-hybridized carbons (Fsp3) is 0.429. The first kappa shape index (κ1) is 22.4. The van der Waals surface area contributed by atoms with Gasteiger partial charge in [0.15, 0.2) is 0 Å². The molecule has 2 heterocycles. The van der Waals surface area contributed by atoms with Gasteiger partial charge in [0.1, 0.15) is 30.8 Å². The molecule has 31 heavy (non-hydrogen) atoms. The van der Waals surface area contributed by atoms with Gasteiger partial charge in [-0.05, 0) is 32.2 Å². The van der Waals surface area contributed by atoms with Crippen molar-refractivity contribution in [1.29, 1.82) is 0 Å². The molecule has 0 bridgehead atoms. The van der Waals surface area contributed by atoms with Crippen molar-refractivity contribution in [2.45, 2.75) is 19.5 Å². The highest BCUT2D eigenvalue weighted by Gasteiger charge is 2.32. The first-order chi connectivity index (χ1) is 14.8. The van der Waals surface area contributed by atoms with Crippen LogP contribution in [0, 0.1) is 12.7 Å². The summed E-state index contributed by atoms with van der Waals surface area (Å²) in [6.07, 6.45) is 0. The largest absolute Gasteiger partial charge is 0.492 e. The van der Waals surface area contributed by atoms with Gasteiger partial charge < -0.3 is 15.0 Å². The van der Waals surface area contributed by atoms with Crippen molar-refractivity contribution in [3.05, 3.63) is 58.3 Å². The molecule has 1 unspecified atom stereocenters. The van der Waals surface area contributed by atoms with E-state index in [1.807, 2.05) is 11.9 Å². The monoisotopic (exact) mass is 431 g/mol. The lowest BCUT2D eigenvalue weighted by molar-refractivity contribution is -0.138. The summed E-state index contributed by atoms with van der Waals surface area (Å²) in [5.74, 6) is -0.492. The Balaban J connectivity index is 1.51. The zero-order valence-electron chi connectivity index (χ0n) is 17.6. The Hall–Kier alpha value is -3.27. The van der Waals surface area contributed by atoms with Crippen LogP contribution in [0.3, 0.4) is 0 Å². The number of carbonyl (C=O) groups is 2. The highest BCUT2D eigenvalue weighted by atomic mass is 19.1. The van der Waals surface area contributed by atoms with Gasteiger partial charge in [-0.15, -0.1) is 0 Å². The molecule has 1 aromatic carbocycles. The van der Waals surface area contributed by atoms with Crippen LogP contribution in [0.25, 0.3) is 0 Å². The second kappa shape index (κ2) is 10.2. The quantitative estimate of drug-likeness (QED) is 0.622. The van der Waals surface area contributed by atoms with Gasteiger partial charge in [0.2, 0.25) is 11.8 Å². The molecule has 9 nitrogen and oxygen atoms in total. The zero-order valence-corrected chi connectivity index (χ0v) is 17.6. The van der Waals surface area contributed by atoms with Crippen molar-refractivity contribution in [2.24, 2.45) is 0 Å². The van der Waals surface area contributed by atoms with E-state index in [9.17, 15) is 18.8 Å². The second-order valence-electron chi connectivity index (χ2n) is 7.40. The Bertz CT molecular complexity index is 996. The number of hydrogen-bond acceptors (Lipinski definition) is 6. The number of likely N-dealkylation sites (N-methyl/N-ethyl adjacent to an activating group) is 1. The molecule has 3 rings (SSSR count). The van der Waals surface area contributed by atoms with Crippen molar-refractivity contribution >= 4 is 11.8 Å². The number of aromatic nitrogens is 2. The molecule has 166 valence electrons. The number of piperazine rings is 1. The van der Waals surface area contributed by atoms with Crippen LogP contribution in [-0.2, 0) is 16.1 Å². The highest BCUT2D eigenvalue weighted by molar-refractivity contribution is 5.83. The number of halogens is 1. The molecule has 1 fully saturated rings. The lowest BCUT2D eigenvalue weighted by Crippen LogP contribution is -2.59. The lowest BCUT2D eigenvalue weighted by Gasteiger charge is -2.38. The maximum Gasteiger partial charge on any atom is 0.267 e. The minimum Gasteiger partial charge on any atom is -0.492 e. The van der Waals surface area contributed by atoms with Crippen LogP contribution in [0.2, 0.25) is 0 Å². The van der Waals surface area contributed by atoms with Gasteiger partial charge >= 0.3 is 0 Å². The van der Waals surface area contributed by atoms with Crippen LogP contribution in [0.15, 0.2) is 41.2 Å². The van der Waals surface area contributed by atoms with E-state index >= 15 is 0 Å². The molecule has 1 aliphatic heterocycles. The minimum atomic E-state index is -0.519. The molecule has 1 N–H and O–H groups in total. The lowest BCUT2D eigenvalue weighted by atomic mass is 10.1. The number of carbonyl (C=O) groups excluding carboxylic acids is 2. The molecule has 2 amide bonds. The molecule has 0 radical (unpaired) electrons.